The fraction of sp³-hybridized carbons (Fsp3) is 0.357. The molecule has 1 aromatic heterocycles. The highest BCUT2D eigenvalue weighted by atomic mass is 35.5. The van der Waals surface area contributed by atoms with Gasteiger partial charge in [0, 0.05) is 23.5 Å². The molecule has 0 atom stereocenters. The summed E-state index contributed by atoms with van der Waals surface area (Å²) in [7, 11) is 0. The normalized spacial score (nSPS) is 10.8. The van der Waals surface area contributed by atoms with Gasteiger partial charge in [-0.15, -0.1) is 0 Å². The Morgan fingerprint density at radius 3 is 3.00 bits per heavy atom. The molecule has 0 spiro atoms. The van der Waals surface area contributed by atoms with Gasteiger partial charge in [0.05, 0.1) is 23.6 Å². The number of benzene rings is 1. The van der Waals surface area contributed by atoms with E-state index in [4.69, 9.17) is 11.6 Å². The monoisotopic (exact) mass is 308 g/mol. The molecule has 2 rings (SSSR count). The van der Waals surface area contributed by atoms with Crippen LogP contribution in [0.1, 0.15) is 24.7 Å². The highest BCUT2D eigenvalue weighted by molar-refractivity contribution is 6.30. The van der Waals surface area contributed by atoms with Crippen LogP contribution >= 0.6 is 11.6 Å². The summed E-state index contributed by atoms with van der Waals surface area (Å²) in [6, 6.07) is 4.59. The van der Waals surface area contributed by atoms with E-state index in [1.165, 1.54) is 12.1 Å². The smallest absolute Gasteiger partial charge is 0.274 e. The number of nitrogens with one attached hydrogen (secondary N) is 1. The lowest BCUT2D eigenvalue weighted by Gasteiger charge is -2.09. The molecule has 1 heterocycles. The molecule has 0 unspecified atom stereocenters. The standard InChI is InChI=1S/C14H17ClN4O2/c1-2-5-16-9-14-17-6-7-18(14)10-11-8-12(15)3-4-13(11)19(20)21/h3-4,6-8,16H,2,5,9-10H2,1H3. The Labute approximate surface area is 127 Å². The van der Waals surface area contributed by atoms with Crippen molar-refractivity contribution in [1.82, 2.24) is 14.9 Å². The SMILES string of the molecule is CCCNCc1nccn1Cc1cc(Cl)ccc1[N+](=O)[O-]. The molecule has 2 aromatic rings. The number of hydrogen-bond donors (Lipinski definition) is 1. The highest BCUT2D eigenvalue weighted by Crippen LogP contribution is 2.23. The topological polar surface area (TPSA) is 73.0 Å². The van der Waals surface area contributed by atoms with Gasteiger partial charge in [-0.25, -0.2) is 4.98 Å². The third-order valence-corrected chi connectivity index (χ3v) is 3.33. The lowest BCUT2D eigenvalue weighted by Crippen LogP contribution is -2.18. The molecule has 1 aromatic carbocycles. The van der Waals surface area contributed by atoms with Crippen molar-refractivity contribution in [3.05, 3.63) is 57.1 Å². The number of hydrogen-bond acceptors (Lipinski definition) is 4. The molecular weight excluding hydrogens is 292 g/mol. The van der Waals surface area contributed by atoms with Crippen LogP contribution in [0.25, 0.3) is 0 Å². The second-order valence-electron chi connectivity index (χ2n) is 4.68. The van der Waals surface area contributed by atoms with Gasteiger partial charge >= 0.3 is 0 Å². The number of halogens is 1. The minimum atomic E-state index is -0.391. The van der Waals surface area contributed by atoms with Gasteiger partial charge in [0.1, 0.15) is 5.82 Å². The zero-order valence-electron chi connectivity index (χ0n) is 11.8. The lowest BCUT2D eigenvalue weighted by molar-refractivity contribution is -0.385. The molecular formula is C14H17ClN4O2. The van der Waals surface area contributed by atoms with Crippen molar-refractivity contribution in [2.24, 2.45) is 0 Å². The molecule has 112 valence electrons. The summed E-state index contributed by atoms with van der Waals surface area (Å²) in [4.78, 5) is 15.0. The van der Waals surface area contributed by atoms with E-state index in [1.54, 1.807) is 12.3 Å². The molecule has 7 heteroatoms. The third kappa shape index (κ3) is 4.03. The van der Waals surface area contributed by atoms with E-state index in [0.717, 1.165) is 18.8 Å². The molecule has 6 nitrogen and oxygen atoms in total. The molecule has 0 amide bonds. The third-order valence-electron chi connectivity index (χ3n) is 3.09. The molecule has 0 saturated carbocycles. The average Bonchev–Trinajstić information content (AvgIpc) is 2.86. The largest absolute Gasteiger partial charge is 0.329 e. The maximum absolute atomic E-state index is 11.1. The predicted molar refractivity (Wildman–Crippen MR) is 81.4 cm³/mol. The van der Waals surface area contributed by atoms with Crippen molar-refractivity contribution in [2.75, 3.05) is 6.54 Å². The molecule has 0 aliphatic heterocycles. The van der Waals surface area contributed by atoms with E-state index in [-0.39, 0.29) is 5.69 Å². The Morgan fingerprint density at radius 2 is 2.29 bits per heavy atom. The van der Waals surface area contributed by atoms with Crippen molar-refractivity contribution in [2.45, 2.75) is 26.4 Å². The summed E-state index contributed by atoms with van der Waals surface area (Å²) in [6.07, 6.45) is 4.55. The number of aromatic nitrogens is 2. The van der Waals surface area contributed by atoms with Crippen LogP contribution in [0, 0.1) is 10.1 Å². The molecule has 0 fully saturated rings. The fourth-order valence-corrected chi connectivity index (χ4v) is 2.27. The van der Waals surface area contributed by atoms with Crippen molar-refractivity contribution in [3.63, 3.8) is 0 Å². The van der Waals surface area contributed by atoms with Crippen LogP contribution in [-0.4, -0.2) is 21.0 Å². The number of nitrogens with zero attached hydrogens (tertiary/aromatic N) is 3. The van der Waals surface area contributed by atoms with Crippen molar-refractivity contribution in [3.8, 4) is 0 Å². The van der Waals surface area contributed by atoms with E-state index in [0.29, 0.717) is 23.7 Å². The van der Waals surface area contributed by atoms with Gasteiger partial charge in [-0.05, 0) is 25.1 Å². The van der Waals surface area contributed by atoms with Crippen LogP contribution < -0.4 is 5.32 Å². The molecule has 1 N–H and O–H groups in total. The predicted octanol–water partition coefficient (Wildman–Crippen LogP) is 2.99. The number of rotatable bonds is 7. The van der Waals surface area contributed by atoms with E-state index < -0.39 is 4.92 Å². The van der Waals surface area contributed by atoms with E-state index in [9.17, 15) is 10.1 Å². The van der Waals surface area contributed by atoms with Gasteiger partial charge < -0.3 is 9.88 Å². The van der Waals surface area contributed by atoms with Crippen molar-refractivity contribution >= 4 is 17.3 Å². The molecule has 0 bridgehead atoms. The summed E-state index contributed by atoms with van der Waals surface area (Å²) in [5.74, 6) is 0.845. The number of imidazole rings is 1. The lowest BCUT2D eigenvalue weighted by atomic mass is 10.2. The second-order valence-corrected chi connectivity index (χ2v) is 5.11. The summed E-state index contributed by atoms with van der Waals surface area (Å²) in [5, 5.41) is 14.8. The first-order valence-electron chi connectivity index (χ1n) is 6.75. The first-order chi connectivity index (χ1) is 10.1. The zero-order chi connectivity index (χ0) is 15.2. The highest BCUT2D eigenvalue weighted by Gasteiger charge is 2.15. The summed E-state index contributed by atoms with van der Waals surface area (Å²) < 4.78 is 1.89. The minimum absolute atomic E-state index is 0.0700. The number of nitro benzene ring substituents is 1. The maximum Gasteiger partial charge on any atom is 0.274 e. The quantitative estimate of drug-likeness (QED) is 0.485. The Kier molecular flexibility index (Phi) is 5.30. The van der Waals surface area contributed by atoms with E-state index in [1.807, 2.05) is 10.8 Å². The van der Waals surface area contributed by atoms with Gasteiger partial charge in [0.15, 0.2) is 0 Å². The van der Waals surface area contributed by atoms with Crippen LogP contribution in [0.2, 0.25) is 5.02 Å². The molecule has 0 aliphatic rings. The summed E-state index contributed by atoms with van der Waals surface area (Å²) in [5.41, 5.74) is 0.641. The van der Waals surface area contributed by atoms with Gasteiger partial charge in [-0.1, -0.05) is 18.5 Å². The summed E-state index contributed by atoms with van der Waals surface area (Å²) in [6.45, 7) is 4.01. The van der Waals surface area contributed by atoms with Crippen molar-refractivity contribution < 1.29 is 4.92 Å². The molecule has 0 radical (unpaired) electrons. The van der Waals surface area contributed by atoms with Gasteiger partial charge in [0.2, 0.25) is 0 Å². The zero-order valence-corrected chi connectivity index (χ0v) is 12.5. The number of nitro groups is 1. The van der Waals surface area contributed by atoms with Crippen LogP contribution in [0.3, 0.4) is 0 Å². The Balaban J connectivity index is 2.20. The fourth-order valence-electron chi connectivity index (χ4n) is 2.07. The Morgan fingerprint density at radius 1 is 1.48 bits per heavy atom. The molecule has 21 heavy (non-hydrogen) atoms. The first-order valence-corrected chi connectivity index (χ1v) is 7.13. The van der Waals surface area contributed by atoms with Gasteiger partial charge in [0.25, 0.3) is 5.69 Å². The summed E-state index contributed by atoms with van der Waals surface area (Å²) >= 11 is 5.94. The van der Waals surface area contributed by atoms with Crippen LogP contribution in [0.15, 0.2) is 30.6 Å². The second kappa shape index (κ2) is 7.19. The van der Waals surface area contributed by atoms with Crippen molar-refractivity contribution in [1.29, 1.82) is 0 Å². The minimum Gasteiger partial charge on any atom is -0.329 e. The Hall–Kier alpha value is -1.92. The van der Waals surface area contributed by atoms with Crippen LogP contribution in [-0.2, 0) is 13.1 Å². The maximum atomic E-state index is 11.1. The molecule has 0 saturated heterocycles. The van der Waals surface area contributed by atoms with E-state index >= 15 is 0 Å². The first kappa shape index (κ1) is 15.5. The van der Waals surface area contributed by atoms with E-state index in [2.05, 4.69) is 17.2 Å². The Bertz CT molecular complexity index is 627. The molecule has 0 aliphatic carbocycles. The average molecular weight is 309 g/mol. The van der Waals surface area contributed by atoms with Crippen LogP contribution in [0.5, 0.6) is 0 Å². The van der Waals surface area contributed by atoms with Crippen LogP contribution in [0.4, 0.5) is 5.69 Å². The van der Waals surface area contributed by atoms with Gasteiger partial charge in [-0.2, -0.15) is 0 Å². The van der Waals surface area contributed by atoms with Gasteiger partial charge in [-0.3, -0.25) is 10.1 Å².